The molecule has 1 aromatic carbocycles. The lowest BCUT2D eigenvalue weighted by Crippen LogP contribution is -2.30. The van der Waals surface area contributed by atoms with E-state index in [9.17, 15) is 13.2 Å². The van der Waals surface area contributed by atoms with Gasteiger partial charge in [-0.25, -0.2) is 0 Å². The van der Waals surface area contributed by atoms with Gasteiger partial charge in [-0.3, -0.25) is 4.90 Å². The Hall–Kier alpha value is -0.780. The molecule has 6 heteroatoms. The summed E-state index contributed by atoms with van der Waals surface area (Å²) in [7, 11) is 0. The topological polar surface area (TPSA) is 29.3 Å². The SMILES string of the molecule is Cc1cc(C(F)(F)F)ccc1CN1CC2CCC(N)C2C1.Cl. The van der Waals surface area contributed by atoms with E-state index in [-0.39, 0.29) is 12.4 Å². The summed E-state index contributed by atoms with van der Waals surface area (Å²) in [4.78, 5) is 2.34. The van der Waals surface area contributed by atoms with Crippen molar-refractivity contribution in [3.05, 3.63) is 34.9 Å². The third kappa shape index (κ3) is 3.42. The van der Waals surface area contributed by atoms with Crippen molar-refractivity contribution < 1.29 is 13.2 Å². The molecule has 1 saturated heterocycles. The first kappa shape index (κ1) is 17.6. The van der Waals surface area contributed by atoms with Crippen molar-refractivity contribution in [2.75, 3.05) is 13.1 Å². The summed E-state index contributed by atoms with van der Waals surface area (Å²) in [6.07, 6.45) is -1.96. The number of alkyl halides is 3. The molecule has 2 aliphatic rings. The molecule has 1 aliphatic carbocycles. The third-order valence-corrected chi connectivity index (χ3v) is 5.05. The average molecular weight is 335 g/mol. The molecule has 0 bridgehead atoms. The van der Waals surface area contributed by atoms with E-state index in [4.69, 9.17) is 5.73 Å². The molecule has 0 spiro atoms. The van der Waals surface area contributed by atoms with Gasteiger partial charge in [-0.1, -0.05) is 6.07 Å². The summed E-state index contributed by atoms with van der Waals surface area (Å²) < 4.78 is 38.0. The molecule has 3 rings (SSSR count). The predicted octanol–water partition coefficient (Wildman–Crippen LogP) is 3.60. The minimum absolute atomic E-state index is 0. The molecule has 2 N–H and O–H groups in total. The van der Waals surface area contributed by atoms with Crippen LogP contribution in [0.3, 0.4) is 0 Å². The highest BCUT2D eigenvalue weighted by atomic mass is 35.5. The van der Waals surface area contributed by atoms with E-state index in [1.165, 1.54) is 18.6 Å². The maximum absolute atomic E-state index is 12.7. The van der Waals surface area contributed by atoms with Gasteiger partial charge in [0.05, 0.1) is 5.56 Å². The van der Waals surface area contributed by atoms with E-state index in [1.54, 1.807) is 13.0 Å². The van der Waals surface area contributed by atoms with Crippen molar-refractivity contribution in [1.29, 1.82) is 0 Å². The molecule has 2 fully saturated rings. The second-order valence-corrected chi connectivity index (χ2v) is 6.50. The van der Waals surface area contributed by atoms with E-state index in [0.29, 0.717) is 23.4 Å². The smallest absolute Gasteiger partial charge is 0.327 e. The first-order valence-corrected chi connectivity index (χ1v) is 7.49. The largest absolute Gasteiger partial charge is 0.416 e. The molecule has 0 radical (unpaired) electrons. The number of hydrogen-bond donors (Lipinski definition) is 1. The monoisotopic (exact) mass is 334 g/mol. The van der Waals surface area contributed by atoms with Gasteiger partial charge in [0.2, 0.25) is 0 Å². The second-order valence-electron chi connectivity index (χ2n) is 6.50. The summed E-state index contributed by atoms with van der Waals surface area (Å²) in [6.45, 7) is 4.49. The Morgan fingerprint density at radius 2 is 1.95 bits per heavy atom. The lowest BCUT2D eigenvalue weighted by molar-refractivity contribution is -0.137. The molecule has 3 atom stereocenters. The van der Waals surface area contributed by atoms with Crippen molar-refractivity contribution in [3.8, 4) is 0 Å². The Labute approximate surface area is 135 Å². The second kappa shape index (κ2) is 6.38. The molecule has 0 amide bonds. The number of likely N-dealkylation sites (tertiary alicyclic amines) is 1. The summed E-state index contributed by atoms with van der Waals surface area (Å²) >= 11 is 0. The summed E-state index contributed by atoms with van der Waals surface area (Å²) in [5.41, 5.74) is 7.25. The Morgan fingerprint density at radius 1 is 1.23 bits per heavy atom. The molecule has 1 heterocycles. The van der Waals surface area contributed by atoms with Crippen LogP contribution in [0.5, 0.6) is 0 Å². The molecule has 22 heavy (non-hydrogen) atoms. The first-order valence-electron chi connectivity index (χ1n) is 7.49. The van der Waals surface area contributed by atoms with Crippen LogP contribution < -0.4 is 5.73 Å². The van der Waals surface area contributed by atoms with E-state index in [2.05, 4.69) is 4.90 Å². The summed E-state index contributed by atoms with van der Waals surface area (Å²) in [5, 5.41) is 0. The van der Waals surface area contributed by atoms with Crippen LogP contribution in [0.25, 0.3) is 0 Å². The first-order chi connectivity index (χ1) is 9.84. The van der Waals surface area contributed by atoms with Crippen LogP contribution in [-0.4, -0.2) is 24.0 Å². The lowest BCUT2D eigenvalue weighted by atomic mass is 9.98. The van der Waals surface area contributed by atoms with E-state index in [1.807, 2.05) is 0 Å². The normalized spacial score (nSPS) is 28.5. The zero-order valence-electron chi connectivity index (χ0n) is 12.6. The lowest BCUT2D eigenvalue weighted by Gasteiger charge is -2.20. The van der Waals surface area contributed by atoms with Gasteiger partial charge in [-0.05, 0) is 54.9 Å². The van der Waals surface area contributed by atoms with Crippen LogP contribution in [0.2, 0.25) is 0 Å². The van der Waals surface area contributed by atoms with Crippen molar-refractivity contribution in [2.45, 2.75) is 38.5 Å². The number of benzene rings is 1. The van der Waals surface area contributed by atoms with Crippen molar-refractivity contribution >= 4 is 12.4 Å². The van der Waals surface area contributed by atoms with Gasteiger partial charge >= 0.3 is 6.18 Å². The molecule has 1 aliphatic heterocycles. The molecular formula is C16H22ClF3N2. The molecule has 0 aromatic heterocycles. The maximum Gasteiger partial charge on any atom is 0.416 e. The fraction of sp³-hybridized carbons (Fsp3) is 0.625. The van der Waals surface area contributed by atoms with Gasteiger partial charge in [0.25, 0.3) is 0 Å². The number of fused-ring (bicyclic) bond motifs is 1. The van der Waals surface area contributed by atoms with Crippen LogP contribution in [0.1, 0.15) is 29.5 Å². The molecule has 1 saturated carbocycles. The number of nitrogens with zero attached hydrogens (tertiary/aromatic N) is 1. The van der Waals surface area contributed by atoms with Gasteiger partial charge in [-0.15, -0.1) is 12.4 Å². The van der Waals surface area contributed by atoms with E-state index in [0.717, 1.165) is 31.6 Å². The molecule has 1 aromatic rings. The minimum atomic E-state index is -4.26. The number of aryl methyl sites for hydroxylation is 1. The van der Waals surface area contributed by atoms with Gasteiger partial charge in [0, 0.05) is 25.7 Å². The van der Waals surface area contributed by atoms with Crippen molar-refractivity contribution in [1.82, 2.24) is 4.90 Å². The van der Waals surface area contributed by atoms with Crippen LogP contribution in [0, 0.1) is 18.8 Å². The van der Waals surface area contributed by atoms with Gasteiger partial charge in [0.15, 0.2) is 0 Å². The Kier molecular flexibility index (Phi) is 5.09. The van der Waals surface area contributed by atoms with Gasteiger partial charge in [-0.2, -0.15) is 13.2 Å². The zero-order valence-corrected chi connectivity index (χ0v) is 13.4. The number of rotatable bonds is 2. The van der Waals surface area contributed by atoms with Crippen LogP contribution in [0.4, 0.5) is 13.2 Å². The Balaban J connectivity index is 0.00000176. The molecule has 124 valence electrons. The van der Waals surface area contributed by atoms with E-state index >= 15 is 0 Å². The van der Waals surface area contributed by atoms with Crippen LogP contribution >= 0.6 is 12.4 Å². The highest BCUT2D eigenvalue weighted by Crippen LogP contribution is 2.38. The fourth-order valence-corrected chi connectivity index (χ4v) is 3.82. The van der Waals surface area contributed by atoms with Crippen LogP contribution in [0.15, 0.2) is 18.2 Å². The molecular weight excluding hydrogens is 313 g/mol. The quantitative estimate of drug-likeness (QED) is 0.895. The predicted molar refractivity (Wildman–Crippen MR) is 82.9 cm³/mol. The fourth-order valence-electron chi connectivity index (χ4n) is 3.82. The zero-order chi connectivity index (χ0) is 15.2. The van der Waals surface area contributed by atoms with Gasteiger partial charge < -0.3 is 5.73 Å². The molecule has 3 unspecified atom stereocenters. The summed E-state index contributed by atoms with van der Waals surface area (Å²) in [6, 6.07) is 4.35. The summed E-state index contributed by atoms with van der Waals surface area (Å²) in [5.74, 6) is 1.24. The minimum Gasteiger partial charge on any atom is -0.327 e. The number of halogens is 4. The van der Waals surface area contributed by atoms with Crippen molar-refractivity contribution in [3.63, 3.8) is 0 Å². The maximum atomic E-state index is 12.7. The standard InChI is InChI=1S/C16H21F3N2.ClH/c1-10-6-13(16(17,18)19)4-2-11(10)7-21-8-12-3-5-15(20)14(12)9-21;/h2,4,6,12,14-15H,3,5,7-9,20H2,1H3;1H. The number of hydrogen-bond acceptors (Lipinski definition) is 2. The number of nitrogens with two attached hydrogens (primary N) is 1. The average Bonchev–Trinajstić information content (AvgIpc) is 2.93. The highest BCUT2D eigenvalue weighted by Gasteiger charge is 2.40. The van der Waals surface area contributed by atoms with Crippen LogP contribution in [-0.2, 0) is 12.7 Å². The van der Waals surface area contributed by atoms with Crippen molar-refractivity contribution in [2.24, 2.45) is 17.6 Å². The Bertz CT molecular complexity index is 533. The molecule has 2 nitrogen and oxygen atoms in total. The highest BCUT2D eigenvalue weighted by molar-refractivity contribution is 5.85. The third-order valence-electron chi connectivity index (χ3n) is 5.05. The Morgan fingerprint density at radius 3 is 2.55 bits per heavy atom. The van der Waals surface area contributed by atoms with E-state index < -0.39 is 11.7 Å². The van der Waals surface area contributed by atoms with Gasteiger partial charge in [0.1, 0.15) is 0 Å².